The smallest absolute Gasteiger partial charge is 0.220 e. The average Bonchev–Trinajstić information content (AvgIpc) is 3.15. The maximum atomic E-state index is 11.2. The molecule has 1 saturated heterocycles. The number of hydrogen-bond acceptors (Lipinski definition) is 4. The molecule has 0 saturated carbocycles. The number of likely N-dealkylation sites (tertiary alicyclic amines) is 1. The van der Waals surface area contributed by atoms with Crippen LogP contribution in [0.4, 0.5) is 0 Å². The fourth-order valence-corrected chi connectivity index (χ4v) is 3.89. The zero-order valence-corrected chi connectivity index (χ0v) is 19.4. The van der Waals surface area contributed by atoms with Crippen molar-refractivity contribution < 1.29 is 4.79 Å². The van der Waals surface area contributed by atoms with Crippen LogP contribution >= 0.6 is 35.3 Å². The molecule has 0 aliphatic carbocycles. The van der Waals surface area contributed by atoms with Crippen LogP contribution in [0.5, 0.6) is 0 Å². The fraction of sp³-hybridized carbons (Fsp3) is 0.684. The highest BCUT2D eigenvalue weighted by molar-refractivity contribution is 14.0. The predicted octanol–water partition coefficient (Wildman–Crippen LogP) is 2.44. The molecule has 1 aliphatic heterocycles. The third-order valence-corrected chi connectivity index (χ3v) is 5.67. The molecule has 0 aromatic carbocycles. The summed E-state index contributed by atoms with van der Waals surface area (Å²) in [5.41, 5.74) is 5.38. The van der Waals surface area contributed by atoms with Crippen molar-refractivity contribution in [3.8, 4) is 0 Å². The summed E-state index contributed by atoms with van der Waals surface area (Å²) in [5.74, 6) is 0.853. The Bertz CT molecular complexity index is 544. The number of halogens is 1. The second-order valence-corrected chi connectivity index (χ2v) is 7.77. The Hall–Kier alpha value is -0.870. The lowest BCUT2D eigenvalue weighted by Gasteiger charge is -2.30. The second-order valence-electron chi connectivity index (χ2n) is 6.74. The van der Waals surface area contributed by atoms with Gasteiger partial charge in [0.05, 0.1) is 0 Å². The van der Waals surface area contributed by atoms with Gasteiger partial charge >= 0.3 is 0 Å². The molecule has 0 atom stereocenters. The Kier molecular flexibility index (Phi) is 12.7. The van der Waals surface area contributed by atoms with E-state index < -0.39 is 0 Å². The molecule has 8 heteroatoms. The number of nitrogens with one attached hydrogen (secondary N) is 2. The minimum atomic E-state index is -0.137. The molecule has 1 amide bonds. The van der Waals surface area contributed by atoms with Crippen molar-refractivity contribution in [2.24, 2.45) is 16.6 Å². The van der Waals surface area contributed by atoms with E-state index in [-0.39, 0.29) is 35.8 Å². The average molecular weight is 507 g/mol. The van der Waals surface area contributed by atoms with Crippen LogP contribution in [-0.4, -0.2) is 56.0 Å². The van der Waals surface area contributed by atoms with Gasteiger partial charge < -0.3 is 21.3 Å². The number of carbonyl (C=O) groups is 1. The molecule has 2 heterocycles. The molecule has 0 spiro atoms. The van der Waals surface area contributed by atoms with Gasteiger partial charge in [-0.3, -0.25) is 9.79 Å². The largest absolute Gasteiger partial charge is 0.369 e. The van der Waals surface area contributed by atoms with Gasteiger partial charge in [-0.15, -0.1) is 35.3 Å². The number of carbonyl (C=O) groups excluding carboxylic acids is 1. The van der Waals surface area contributed by atoms with E-state index >= 15 is 0 Å². The van der Waals surface area contributed by atoms with Crippen molar-refractivity contribution in [3.05, 3.63) is 22.4 Å². The minimum absolute atomic E-state index is 0. The number of thiophene rings is 1. The second kappa shape index (κ2) is 14.2. The number of nitrogens with zero attached hydrogens (tertiary/aromatic N) is 2. The van der Waals surface area contributed by atoms with Crippen LogP contribution in [0.25, 0.3) is 0 Å². The maximum absolute atomic E-state index is 11.2. The van der Waals surface area contributed by atoms with E-state index in [1.165, 1.54) is 4.88 Å². The van der Waals surface area contributed by atoms with Crippen LogP contribution in [0.3, 0.4) is 0 Å². The summed E-state index contributed by atoms with van der Waals surface area (Å²) in [7, 11) is 0. The van der Waals surface area contributed by atoms with E-state index in [9.17, 15) is 4.79 Å². The van der Waals surface area contributed by atoms with Crippen molar-refractivity contribution in [1.82, 2.24) is 15.5 Å². The highest BCUT2D eigenvalue weighted by Gasteiger charge is 2.22. The minimum Gasteiger partial charge on any atom is -0.369 e. The van der Waals surface area contributed by atoms with Gasteiger partial charge in [-0.1, -0.05) is 6.07 Å². The van der Waals surface area contributed by atoms with Crippen LogP contribution in [0.2, 0.25) is 0 Å². The molecule has 6 nitrogen and oxygen atoms in total. The lowest BCUT2D eigenvalue weighted by atomic mass is 9.96. The Balaban J connectivity index is 0.00000364. The van der Waals surface area contributed by atoms with Gasteiger partial charge in [0.15, 0.2) is 5.96 Å². The Morgan fingerprint density at radius 1 is 1.33 bits per heavy atom. The number of rotatable bonds is 10. The molecular formula is C19H34IN5OS. The highest BCUT2D eigenvalue weighted by atomic mass is 127. The van der Waals surface area contributed by atoms with Crippen molar-refractivity contribution in [3.63, 3.8) is 0 Å². The molecule has 0 unspecified atom stereocenters. The first-order valence-corrected chi connectivity index (χ1v) is 10.6. The molecule has 1 fully saturated rings. The first kappa shape index (κ1) is 24.2. The molecule has 0 radical (unpaired) electrons. The highest BCUT2D eigenvalue weighted by Crippen LogP contribution is 2.16. The summed E-state index contributed by atoms with van der Waals surface area (Å²) in [5, 5.41) is 8.83. The summed E-state index contributed by atoms with van der Waals surface area (Å²) < 4.78 is 0. The molecule has 1 aromatic rings. The summed E-state index contributed by atoms with van der Waals surface area (Å²) in [4.78, 5) is 19.7. The molecule has 0 bridgehead atoms. The van der Waals surface area contributed by atoms with Crippen LogP contribution in [0.1, 0.15) is 37.5 Å². The van der Waals surface area contributed by atoms with E-state index in [1.54, 1.807) is 11.3 Å². The third-order valence-electron chi connectivity index (χ3n) is 4.73. The molecule has 154 valence electrons. The topological polar surface area (TPSA) is 82.8 Å². The monoisotopic (exact) mass is 507 g/mol. The van der Waals surface area contributed by atoms with Crippen molar-refractivity contribution >= 4 is 47.2 Å². The lowest BCUT2D eigenvalue weighted by molar-refractivity contribution is -0.123. The van der Waals surface area contributed by atoms with Crippen molar-refractivity contribution in [1.29, 1.82) is 0 Å². The van der Waals surface area contributed by atoms with E-state index in [1.807, 2.05) is 0 Å². The first-order valence-electron chi connectivity index (χ1n) is 9.75. The fourth-order valence-electron chi connectivity index (χ4n) is 3.18. The van der Waals surface area contributed by atoms with E-state index in [4.69, 9.17) is 5.73 Å². The summed E-state index contributed by atoms with van der Waals surface area (Å²) in [6.45, 7) is 7.77. The quantitative estimate of drug-likeness (QED) is 0.197. The zero-order chi connectivity index (χ0) is 18.6. The van der Waals surface area contributed by atoms with E-state index in [0.717, 1.165) is 77.3 Å². The number of primary amides is 1. The summed E-state index contributed by atoms with van der Waals surface area (Å²) in [6.07, 6.45) is 5.07. The van der Waals surface area contributed by atoms with Gasteiger partial charge in [-0.05, 0) is 70.1 Å². The van der Waals surface area contributed by atoms with Crippen molar-refractivity contribution in [2.45, 2.75) is 39.0 Å². The Morgan fingerprint density at radius 3 is 2.74 bits per heavy atom. The van der Waals surface area contributed by atoms with Crippen LogP contribution in [0, 0.1) is 5.92 Å². The number of unbranched alkanes of at least 4 members (excludes halogenated alkanes) is 1. The van der Waals surface area contributed by atoms with Crippen LogP contribution < -0.4 is 16.4 Å². The number of amides is 1. The molecule has 27 heavy (non-hydrogen) atoms. The number of nitrogens with two attached hydrogens (primary N) is 1. The van der Waals surface area contributed by atoms with Crippen LogP contribution in [-0.2, 0) is 11.2 Å². The third kappa shape index (κ3) is 9.75. The molecule has 1 aromatic heterocycles. The van der Waals surface area contributed by atoms with Gasteiger partial charge in [-0.2, -0.15) is 0 Å². The van der Waals surface area contributed by atoms with Crippen molar-refractivity contribution in [2.75, 3.05) is 39.3 Å². The summed E-state index contributed by atoms with van der Waals surface area (Å²) >= 11 is 1.80. The molecular weight excluding hydrogens is 473 g/mol. The predicted molar refractivity (Wildman–Crippen MR) is 125 cm³/mol. The summed E-state index contributed by atoms with van der Waals surface area (Å²) in [6, 6.07) is 4.26. The maximum Gasteiger partial charge on any atom is 0.220 e. The van der Waals surface area contributed by atoms with Gasteiger partial charge in [0.1, 0.15) is 0 Å². The standard InChI is InChI=1S/C19H33N5OS.HI/c1-2-21-19(23-11-7-17-6-5-15-26-17)22-10-3-4-12-24-13-8-16(9-14-24)18(20)25;/h5-6,15-16H,2-4,7-14H2,1H3,(H2,20,25)(H2,21,22,23);1H. The van der Waals surface area contributed by atoms with Gasteiger partial charge in [0.25, 0.3) is 0 Å². The van der Waals surface area contributed by atoms with Gasteiger partial charge in [-0.25, -0.2) is 0 Å². The molecule has 4 N–H and O–H groups in total. The number of piperidine rings is 1. The van der Waals surface area contributed by atoms with E-state index in [2.05, 4.69) is 45.0 Å². The normalized spacial score (nSPS) is 16.0. The molecule has 2 rings (SSSR count). The van der Waals surface area contributed by atoms with E-state index in [0.29, 0.717) is 0 Å². The SMILES string of the molecule is CCNC(=NCCCCN1CCC(C(N)=O)CC1)NCCc1cccs1.I. The Labute approximate surface area is 184 Å². The zero-order valence-electron chi connectivity index (χ0n) is 16.3. The number of aliphatic imine (C=N–C) groups is 1. The molecule has 1 aliphatic rings. The van der Waals surface area contributed by atoms with Gasteiger partial charge in [0.2, 0.25) is 5.91 Å². The van der Waals surface area contributed by atoms with Gasteiger partial charge in [0, 0.05) is 30.4 Å². The lowest BCUT2D eigenvalue weighted by Crippen LogP contribution is -2.39. The van der Waals surface area contributed by atoms with Crippen LogP contribution in [0.15, 0.2) is 22.5 Å². The number of hydrogen-bond donors (Lipinski definition) is 3. The Morgan fingerprint density at radius 2 is 2.11 bits per heavy atom. The number of guanidine groups is 1. The first-order chi connectivity index (χ1) is 12.7.